The first-order valence-corrected chi connectivity index (χ1v) is 5.40. The average molecular weight is 224 g/mol. The van der Waals surface area contributed by atoms with Gasteiger partial charge in [0.2, 0.25) is 0 Å². The maximum absolute atomic E-state index is 10.7. The summed E-state index contributed by atoms with van der Waals surface area (Å²) in [6, 6.07) is 0. The molecule has 0 aliphatic heterocycles. The van der Waals surface area contributed by atoms with Crippen LogP contribution in [0.4, 0.5) is 0 Å². The lowest BCUT2D eigenvalue weighted by Gasteiger charge is -2.06. The highest BCUT2D eigenvalue weighted by molar-refractivity contribution is 5.81. The lowest BCUT2D eigenvalue weighted by Crippen LogP contribution is -2.07. The molecule has 0 saturated heterocycles. The number of hydrogen-bond acceptors (Lipinski definition) is 3. The summed E-state index contributed by atoms with van der Waals surface area (Å²) in [4.78, 5) is 10.7. The minimum Gasteiger partial charge on any atom is -0.495 e. The molecule has 0 bridgehead atoms. The van der Waals surface area contributed by atoms with Gasteiger partial charge in [-0.05, 0) is 32.3 Å². The Labute approximate surface area is 97.4 Å². The van der Waals surface area contributed by atoms with E-state index < -0.39 is 5.97 Å². The fourth-order valence-electron chi connectivity index (χ4n) is 1.03. The van der Waals surface area contributed by atoms with Crippen LogP contribution >= 0.6 is 0 Å². The van der Waals surface area contributed by atoms with Crippen LogP contribution in [0.15, 0.2) is 37.1 Å². The van der Waals surface area contributed by atoms with Gasteiger partial charge in [-0.3, -0.25) is 0 Å². The number of esters is 1. The van der Waals surface area contributed by atoms with Gasteiger partial charge in [-0.15, -0.1) is 6.58 Å². The number of carbonyl (C=O) groups excluding carboxylic acids is 1. The third-order valence-corrected chi connectivity index (χ3v) is 1.87. The molecule has 0 aliphatic rings. The Kier molecular flexibility index (Phi) is 9.08. The van der Waals surface area contributed by atoms with E-state index in [0.717, 1.165) is 31.1 Å². The van der Waals surface area contributed by atoms with Gasteiger partial charge >= 0.3 is 5.97 Å². The highest BCUT2D eigenvalue weighted by atomic mass is 16.6. The molecular formula is C13H20O3. The summed E-state index contributed by atoms with van der Waals surface area (Å²) in [7, 11) is 0. The number of rotatable bonds is 9. The molecule has 0 unspecified atom stereocenters. The van der Waals surface area contributed by atoms with Crippen LogP contribution in [-0.4, -0.2) is 19.2 Å². The van der Waals surface area contributed by atoms with Crippen molar-refractivity contribution < 1.29 is 14.3 Å². The van der Waals surface area contributed by atoms with Crippen molar-refractivity contribution in [2.75, 3.05) is 13.2 Å². The van der Waals surface area contributed by atoms with Crippen LogP contribution in [0.1, 0.15) is 26.2 Å². The molecule has 0 amide bonds. The lowest BCUT2D eigenvalue weighted by atomic mass is 10.2. The molecule has 0 rings (SSSR count). The van der Waals surface area contributed by atoms with Crippen molar-refractivity contribution in [3.8, 4) is 0 Å². The third-order valence-electron chi connectivity index (χ3n) is 1.87. The number of ether oxygens (including phenoxy) is 2. The first-order valence-electron chi connectivity index (χ1n) is 5.40. The fraction of sp³-hybridized carbons (Fsp3) is 0.462. The first-order chi connectivity index (χ1) is 7.70. The van der Waals surface area contributed by atoms with E-state index in [9.17, 15) is 4.79 Å². The molecule has 0 aromatic heterocycles. The maximum Gasteiger partial charge on any atom is 0.330 e. The minimum absolute atomic E-state index is 0.253. The molecule has 0 saturated carbocycles. The summed E-state index contributed by atoms with van der Waals surface area (Å²) >= 11 is 0. The molecule has 90 valence electrons. The normalized spacial score (nSPS) is 10.7. The van der Waals surface area contributed by atoms with Crippen molar-refractivity contribution in [1.82, 2.24) is 0 Å². The number of carbonyl (C=O) groups is 1. The quantitative estimate of drug-likeness (QED) is 0.198. The van der Waals surface area contributed by atoms with Gasteiger partial charge in [0.05, 0.1) is 5.76 Å². The largest absolute Gasteiger partial charge is 0.495 e. The Bertz CT molecular complexity index is 254. The van der Waals surface area contributed by atoms with Crippen LogP contribution in [0.5, 0.6) is 0 Å². The third kappa shape index (κ3) is 9.06. The van der Waals surface area contributed by atoms with Crippen molar-refractivity contribution in [2.45, 2.75) is 26.2 Å². The monoisotopic (exact) mass is 224 g/mol. The Hall–Kier alpha value is -1.51. The SMILES string of the molecule is C=CCCC/C=C(\C)OCCOC(=O)C=C. The van der Waals surface area contributed by atoms with E-state index in [4.69, 9.17) is 9.47 Å². The minimum atomic E-state index is -0.420. The second-order valence-corrected chi connectivity index (χ2v) is 3.25. The van der Waals surface area contributed by atoms with Gasteiger partial charge in [0.25, 0.3) is 0 Å². The van der Waals surface area contributed by atoms with Crippen LogP contribution in [0.2, 0.25) is 0 Å². The smallest absolute Gasteiger partial charge is 0.330 e. The predicted octanol–water partition coefficient (Wildman–Crippen LogP) is 2.99. The van der Waals surface area contributed by atoms with Crippen LogP contribution in [0.3, 0.4) is 0 Å². The van der Waals surface area contributed by atoms with Crippen molar-refractivity contribution in [3.63, 3.8) is 0 Å². The summed E-state index contributed by atoms with van der Waals surface area (Å²) in [5.74, 6) is 0.440. The van der Waals surface area contributed by atoms with E-state index in [-0.39, 0.29) is 6.61 Å². The highest BCUT2D eigenvalue weighted by Gasteiger charge is 1.95. The summed E-state index contributed by atoms with van der Waals surface area (Å²) in [5, 5.41) is 0. The molecule has 3 nitrogen and oxygen atoms in total. The Morgan fingerprint density at radius 2 is 1.88 bits per heavy atom. The summed E-state index contributed by atoms with van der Waals surface area (Å²) < 4.78 is 10.1. The molecule has 0 heterocycles. The van der Waals surface area contributed by atoms with E-state index in [1.165, 1.54) is 0 Å². The van der Waals surface area contributed by atoms with Gasteiger partial charge < -0.3 is 9.47 Å². The van der Waals surface area contributed by atoms with Crippen LogP contribution in [0, 0.1) is 0 Å². The first kappa shape index (κ1) is 14.5. The molecular weight excluding hydrogens is 204 g/mol. The molecule has 0 aliphatic carbocycles. The zero-order valence-electron chi connectivity index (χ0n) is 9.91. The topological polar surface area (TPSA) is 35.5 Å². The van der Waals surface area contributed by atoms with Crippen molar-refractivity contribution in [3.05, 3.63) is 37.1 Å². The average Bonchev–Trinajstić information content (AvgIpc) is 2.30. The van der Waals surface area contributed by atoms with Gasteiger partial charge in [0, 0.05) is 6.08 Å². The van der Waals surface area contributed by atoms with Crippen molar-refractivity contribution in [2.24, 2.45) is 0 Å². The Balaban J connectivity index is 3.48. The molecule has 0 radical (unpaired) electrons. The number of unbranched alkanes of at least 4 members (excludes halogenated alkanes) is 2. The Morgan fingerprint density at radius 1 is 1.19 bits per heavy atom. The zero-order chi connectivity index (χ0) is 12.2. The lowest BCUT2D eigenvalue weighted by molar-refractivity contribution is -0.138. The van der Waals surface area contributed by atoms with Gasteiger partial charge in [0.15, 0.2) is 0 Å². The van der Waals surface area contributed by atoms with E-state index in [1.807, 2.05) is 19.1 Å². The molecule has 0 N–H and O–H groups in total. The molecule has 0 aromatic carbocycles. The molecule has 0 spiro atoms. The summed E-state index contributed by atoms with van der Waals surface area (Å²) in [6.45, 7) is 9.47. The fourth-order valence-corrected chi connectivity index (χ4v) is 1.03. The predicted molar refractivity (Wildman–Crippen MR) is 64.9 cm³/mol. The highest BCUT2D eigenvalue weighted by Crippen LogP contribution is 2.02. The molecule has 16 heavy (non-hydrogen) atoms. The molecule has 0 atom stereocenters. The van der Waals surface area contributed by atoms with E-state index in [0.29, 0.717) is 6.61 Å². The van der Waals surface area contributed by atoms with Gasteiger partial charge in [-0.25, -0.2) is 4.79 Å². The standard InChI is InChI=1S/C13H20O3/c1-4-6-7-8-9-12(3)15-10-11-16-13(14)5-2/h4-5,9H,1-2,6-8,10-11H2,3H3/b12-9+. The summed E-state index contributed by atoms with van der Waals surface area (Å²) in [5.41, 5.74) is 0. The van der Waals surface area contributed by atoms with Gasteiger partial charge in [-0.1, -0.05) is 12.7 Å². The molecule has 0 fully saturated rings. The van der Waals surface area contributed by atoms with E-state index >= 15 is 0 Å². The van der Waals surface area contributed by atoms with E-state index in [2.05, 4.69) is 13.2 Å². The van der Waals surface area contributed by atoms with Gasteiger partial charge in [0.1, 0.15) is 13.2 Å². The Morgan fingerprint density at radius 3 is 2.50 bits per heavy atom. The van der Waals surface area contributed by atoms with Crippen LogP contribution in [-0.2, 0) is 14.3 Å². The number of allylic oxidation sites excluding steroid dienone is 3. The van der Waals surface area contributed by atoms with Crippen LogP contribution in [0.25, 0.3) is 0 Å². The van der Waals surface area contributed by atoms with E-state index in [1.54, 1.807) is 0 Å². The zero-order valence-corrected chi connectivity index (χ0v) is 9.91. The van der Waals surface area contributed by atoms with Crippen molar-refractivity contribution >= 4 is 5.97 Å². The molecule has 0 aromatic rings. The molecule has 3 heteroatoms. The second-order valence-electron chi connectivity index (χ2n) is 3.25. The van der Waals surface area contributed by atoms with Crippen molar-refractivity contribution in [1.29, 1.82) is 0 Å². The number of hydrogen-bond donors (Lipinski definition) is 0. The summed E-state index contributed by atoms with van der Waals surface area (Å²) in [6.07, 6.45) is 8.14. The van der Waals surface area contributed by atoms with Gasteiger partial charge in [-0.2, -0.15) is 0 Å². The van der Waals surface area contributed by atoms with Crippen LogP contribution < -0.4 is 0 Å². The maximum atomic E-state index is 10.7. The second kappa shape index (κ2) is 10.0.